The predicted octanol–water partition coefficient (Wildman–Crippen LogP) is 2.06. The summed E-state index contributed by atoms with van der Waals surface area (Å²) in [4.78, 5) is 29.2. The van der Waals surface area contributed by atoms with Gasteiger partial charge in [0, 0.05) is 18.1 Å². The smallest absolute Gasteiger partial charge is 0.326 e. The molecule has 0 spiro atoms. The number of hydrogen-bond donors (Lipinski definition) is 1. The van der Waals surface area contributed by atoms with Gasteiger partial charge in [-0.15, -0.1) is 0 Å². The predicted molar refractivity (Wildman–Crippen MR) is 73.4 cm³/mol. The minimum absolute atomic E-state index is 0.110. The molecule has 0 aliphatic carbocycles. The number of benzene rings is 1. The summed E-state index contributed by atoms with van der Waals surface area (Å²) < 4.78 is 13.7. The maximum absolute atomic E-state index is 13.7. The Morgan fingerprint density at radius 2 is 2.19 bits per heavy atom. The number of likely N-dealkylation sites (tertiary alicyclic amines) is 1. The highest BCUT2D eigenvalue weighted by Gasteiger charge is 2.35. The minimum atomic E-state index is -1.03. The summed E-state index contributed by atoms with van der Waals surface area (Å²) in [5.41, 5.74) is 0.499. The zero-order valence-corrected chi connectivity index (χ0v) is 11.1. The van der Waals surface area contributed by atoms with Crippen molar-refractivity contribution in [2.24, 2.45) is 0 Å². The second-order valence-corrected chi connectivity index (χ2v) is 5.02. The molecule has 2 aromatic rings. The van der Waals surface area contributed by atoms with Crippen molar-refractivity contribution in [3.8, 4) is 0 Å². The molecule has 0 radical (unpaired) electrons. The molecule has 1 aromatic carbocycles. The Morgan fingerprint density at radius 1 is 1.38 bits per heavy atom. The summed E-state index contributed by atoms with van der Waals surface area (Å²) in [6, 6.07) is 4.90. The molecule has 6 heteroatoms. The van der Waals surface area contributed by atoms with Crippen molar-refractivity contribution in [1.82, 2.24) is 9.88 Å². The fourth-order valence-electron chi connectivity index (χ4n) is 2.74. The van der Waals surface area contributed by atoms with Gasteiger partial charge in [-0.2, -0.15) is 0 Å². The molecule has 1 N–H and O–H groups in total. The zero-order chi connectivity index (χ0) is 15.0. The third-order valence-corrected chi connectivity index (χ3v) is 3.70. The molecule has 1 aromatic heterocycles. The van der Waals surface area contributed by atoms with E-state index in [9.17, 15) is 14.0 Å². The van der Waals surface area contributed by atoms with Crippen LogP contribution in [-0.2, 0) is 4.79 Å². The number of halogens is 1. The topological polar surface area (TPSA) is 70.5 Å². The lowest BCUT2D eigenvalue weighted by molar-refractivity contribution is -0.141. The largest absolute Gasteiger partial charge is 0.480 e. The Kier molecular flexibility index (Phi) is 3.29. The summed E-state index contributed by atoms with van der Waals surface area (Å²) in [5.74, 6) is -2.05. The first-order valence-corrected chi connectivity index (χ1v) is 6.66. The van der Waals surface area contributed by atoms with Gasteiger partial charge in [0.25, 0.3) is 5.91 Å². The number of amides is 1. The van der Waals surface area contributed by atoms with E-state index in [0.717, 1.165) is 6.07 Å². The molecule has 5 nitrogen and oxygen atoms in total. The van der Waals surface area contributed by atoms with Gasteiger partial charge in [-0.25, -0.2) is 9.18 Å². The van der Waals surface area contributed by atoms with Crippen LogP contribution in [0, 0.1) is 5.82 Å². The van der Waals surface area contributed by atoms with Gasteiger partial charge < -0.3 is 10.0 Å². The molecule has 1 aliphatic rings. The molecule has 1 atom stereocenters. The van der Waals surface area contributed by atoms with Gasteiger partial charge in [-0.3, -0.25) is 9.78 Å². The van der Waals surface area contributed by atoms with E-state index in [1.165, 1.54) is 17.2 Å². The lowest BCUT2D eigenvalue weighted by Gasteiger charge is -2.22. The van der Waals surface area contributed by atoms with Gasteiger partial charge in [0.15, 0.2) is 0 Å². The highest BCUT2D eigenvalue weighted by molar-refractivity contribution is 6.06. The average molecular weight is 288 g/mol. The Labute approximate surface area is 120 Å². The van der Waals surface area contributed by atoms with E-state index in [1.54, 1.807) is 12.1 Å². The Balaban J connectivity index is 2.07. The fourth-order valence-corrected chi connectivity index (χ4v) is 2.74. The van der Waals surface area contributed by atoms with Crippen molar-refractivity contribution in [3.05, 3.63) is 41.8 Å². The van der Waals surface area contributed by atoms with Crippen molar-refractivity contribution in [1.29, 1.82) is 0 Å². The van der Waals surface area contributed by atoms with E-state index in [-0.39, 0.29) is 5.56 Å². The molecule has 1 saturated heterocycles. The van der Waals surface area contributed by atoms with Crippen molar-refractivity contribution in [2.45, 2.75) is 18.9 Å². The molecule has 2 heterocycles. The van der Waals surface area contributed by atoms with E-state index in [1.807, 2.05) is 0 Å². The highest BCUT2D eigenvalue weighted by Crippen LogP contribution is 2.24. The second-order valence-electron chi connectivity index (χ2n) is 5.02. The lowest BCUT2D eigenvalue weighted by atomic mass is 10.1. The van der Waals surface area contributed by atoms with Crippen molar-refractivity contribution < 1.29 is 19.1 Å². The van der Waals surface area contributed by atoms with Gasteiger partial charge in [-0.05, 0) is 31.0 Å². The Bertz CT molecular complexity index is 732. The standard InChI is InChI=1S/C15H13FN2O3/c16-10-7-9-3-1-5-17-13(9)11(8-10)14(19)18-6-2-4-12(18)15(20)21/h1,3,5,7-8,12H,2,4,6H2,(H,20,21). The second kappa shape index (κ2) is 5.12. The number of fused-ring (bicyclic) bond motifs is 1. The Morgan fingerprint density at radius 3 is 2.95 bits per heavy atom. The summed E-state index contributed by atoms with van der Waals surface area (Å²) in [7, 11) is 0. The number of pyridine rings is 1. The molecular formula is C15H13FN2O3. The first kappa shape index (κ1) is 13.5. The van der Waals surface area contributed by atoms with Crippen molar-refractivity contribution in [3.63, 3.8) is 0 Å². The van der Waals surface area contributed by atoms with Gasteiger partial charge in [0.2, 0.25) is 0 Å². The van der Waals surface area contributed by atoms with Crippen LogP contribution in [0.15, 0.2) is 30.5 Å². The van der Waals surface area contributed by atoms with Crippen LogP contribution in [0.4, 0.5) is 4.39 Å². The van der Waals surface area contributed by atoms with Gasteiger partial charge in [-0.1, -0.05) is 6.07 Å². The normalized spacial score (nSPS) is 18.1. The van der Waals surface area contributed by atoms with Crippen LogP contribution < -0.4 is 0 Å². The first-order valence-electron chi connectivity index (χ1n) is 6.66. The number of aliphatic carboxylic acids is 1. The average Bonchev–Trinajstić information content (AvgIpc) is 2.95. The minimum Gasteiger partial charge on any atom is -0.480 e. The number of carboxylic acid groups (broad SMARTS) is 1. The van der Waals surface area contributed by atoms with E-state index < -0.39 is 23.7 Å². The number of aromatic nitrogens is 1. The number of carbonyl (C=O) groups excluding carboxylic acids is 1. The van der Waals surface area contributed by atoms with Crippen LogP contribution in [0.1, 0.15) is 23.2 Å². The molecule has 0 bridgehead atoms. The number of rotatable bonds is 2. The van der Waals surface area contributed by atoms with Crippen LogP contribution >= 0.6 is 0 Å². The molecule has 1 aliphatic heterocycles. The fraction of sp³-hybridized carbons (Fsp3) is 0.267. The van der Waals surface area contributed by atoms with E-state index in [0.29, 0.717) is 30.3 Å². The van der Waals surface area contributed by atoms with Gasteiger partial charge in [0.05, 0.1) is 11.1 Å². The molecular weight excluding hydrogens is 275 g/mol. The Hall–Kier alpha value is -2.50. The van der Waals surface area contributed by atoms with Crippen LogP contribution in [0.5, 0.6) is 0 Å². The van der Waals surface area contributed by atoms with Crippen molar-refractivity contribution >= 4 is 22.8 Å². The number of carboxylic acids is 1. The van der Waals surface area contributed by atoms with Crippen LogP contribution in [0.25, 0.3) is 10.9 Å². The molecule has 3 rings (SSSR count). The molecule has 1 unspecified atom stereocenters. The highest BCUT2D eigenvalue weighted by atomic mass is 19.1. The van der Waals surface area contributed by atoms with Gasteiger partial charge in [0.1, 0.15) is 11.9 Å². The molecule has 1 amide bonds. The molecule has 21 heavy (non-hydrogen) atoms. The summed E-state index contributed by atoms with van der Waals surface area (Å²) in [5, 5.41) is 9.68. The third-order valence-electron chi connectivity index (χ3n) is 3.70. The maximum atomic E-state index is 13.7. The van der Waals surface area contributed by atoms with E-state index >= 15 is 0 Å². The summed E-state index contributed by atoms with van der Waals surface area (Å²) in [6.07, 6.45) is 2.57. The monoisotopic (exact) mass is 288 g/mol. The molecule has 108 valence electrons. The molecule has 0 saturated carbocycles. The number of carbonyl (C=O) groups is 2. The maximum Gasteiger partial charge on any atom is 0.326 e. The summed E-state index contributed by atoms with van der Waals surface area (Å²) >= 11 is 0. The first-order chi connectivity index (χ1) is 10.1. The quantitative estimate of drug-likeness (QED) is 0.918. The third kappa shape index (κ3) is 2.33. The van der Waals surface area contributed by atoms with Crippen LogP contribution in [0.2, 0.25) is 0 Å². The lowest BCUT2D eigenvalue weighted by Crippen LogP contribution is -2.40. The van der Waals surface area contributed by atoms with Crippen LogP contribution in [-0.4, -0.2) is 39.5 Å². The molecule has 1 fully saturated rings. The van der Waals surface area contributed by atoms with Crippen molar-refractivity contribution in [2.75, 3.05) is 6.54 Å². The number of nitrogens with zero attached hydrogens (tertiary/aromatic N) is 2. The van der Waals surface area contributed by atoms with Gasteiger partial charge >= 0.3 is 5.97 Å². The van der Waals surface area contributed by atoms with E-state index in [4.69, 9.17) is 5.11 Å². The zero-order valence-electron chi connectivity index (χ0n) is 11.1. The summed E-state index contributed by atoms with van der Waals surface area (Å²) in [6.45, 7) is 0.362. The van der Waals surface area contributed by atoms with Crippen LogP contribution in [0.3, 0.4) is 0 Å². The SMILES string of the molecule is O=C(O)C1CCCN1C(=O)c1cc(F)cc2cccnc12. The van der Waals surface area contributed by atoms with E-state index in [2.05, 4.69) is 4.98 Å². The number of hydrogen-bond acceptors (Lipinski definition) is 3.